The molecule has 7 nitrogen and oxygen atoms in total. The van der Waals surface area contributed by atoms with Crippen molar-refractivity contribution in [2.45, 2.75) is 36.7 Å². The van der Waals surface area contributed by atoms with Crippen molar-refractivity contribution in [3.63, 3.8) is 0 Å². The standard InChI is InChI=1S/C18H22N4O3S/c1-13-20-12-14-5-11-25-18(16(14)21-13)6-9-22(10-7-18)17-15(26(2,23)24)4-3-8-19-17/h3-4,8,12H,5-7,9-11H2,1-2H3. The summed E-state index contributed by atoms with van der Waals surface area (Å²) in [5.41, 5.74) is 1.75. The van der Waals surface area contributed by atoms with Gasteiger partial charge in [-0.25, -0.2) is 23.4 Å². The Morgan fingerprint density at radius 2 is 2.00 bits per heavy atom. The van der Waals surface area contributed by atoms with E-state index in [1.807, 2.05) is 18.0 Å². The van der Waals surface area contributed by atoms with Crippen molar-refractivity contribution in [1.29, 1.82) is 0 Å². The van der Waals surface area contributed by atoms with E-state index in [4.69, 9.17) is 4.74 Å². The van der Waals surface area contributed by atoms with E-state index in [9.17, 15) is 8.42 Å². The summed E-state index contributed by atoms with van der Waals surface area (Å²) in [4.78, 5) is 15.7. The normalized spacial score (nSPS) is 19.4. The smallest absolute Gasteiger partial charge is 0.179 e. The van der Waals surface area contributed by atoms with Crippen LogP contribution in [0.1, 0.15) is 29.9 Å². The lowest BCUT2D eigenvalue weighted by atomic mass is 9.83. The SMILES string of the molecule is Cc1ncc2c(n1)C1(CCN(c3ncccc3S(C)(=O)=O)CC1)OCC2. The van der Waals surface area contributed by atoms with Gasteiger partial charge in [0.2, 0.25) is 0 Å². The molecule has 4 rings (SSSR count). The first kappa shape index (κ1) is 17.4. The zero-order valence-corrected chi connectivity index (χ0v) is 15.8. The number of ether oxygens (including phenoxy) is 1. The second-order valence-electron chi connectivity index (χ2n) is 6.97. The minimum atomic E-state index is -3.33. The third-order valence-electron chi connectivity index (χ3n) is 5.19. The predicted octanol–water partition coefficient (Wildman–Crippen LogP) is 1.65. The molecule has 138 valence electrons. The van der Waals surface area contributed by atoms with Crippen LogP contribution in [0.4, 0.5) is 5.82 Å². The second-order valence-corrected chi connectivity index (χ2v) is 8.95. The van der Waals surface area contributed by atoms with Gasteiger partial charge in [-0.2, -0.15) is 0 Å². The zero-order valence-electron chi connectivity index (χ0n) is 15.0. The maximum absolute atomic E-state index is 12.1. The van der Waals surface area contributed by atoms with Crippen LogP contribution < -0.4 is 4.90 Å². The molecule has 4 heterocycles. The van der Waals surface area contributed by atoms with E-state index in [2.05, 4.69) is 15.0 Å². The molecule has 2 aliphatic rings. The molecule has 0 N–H and O–H groups in total. The van der Waals surface area contributed by atoms with E-state index in [-0.39, 0.29) is 4.90 Å². The van der Waals surface area contributed by atoms with Crippen LogP contribution in [0.3, 0.4) is 0 Å². The predicted molar refractivity (Wildman–Crippen MR) is 96.9 cm³/mol. The molecule has 0 amide bonds. The number of sulfone groups is 1. The van der Waals surface area contributed by atoms with Gasteiger partial charge in [-0.15, -0.1) is 0 Å². The average molecular weight is 374 g/mol. The maximum atomic E-state index is 12.1. The number of rotatable bonds is 2. The summed E-state index contributed by atoms with van der Waals surface area (Å²) < 4.78 is 30.4. The van der Waals surface area contributed by atoms with E-state index in [1.54, 1.807) is 18.3 Å². The molecule has 0 aromatic carbocycles. The molecule has 1 fully saturated rings. The molecule has 0 saturated carbocycles. The summed E-state index contributed by atoms with van der Waals surface area (Å²) in [6.45, 7) is 3.89. The van der Waals surface area contributed by atoms with Gasteiger partial charge >= 0.3 is 0 Å². The summed E-state index contributed by atoms with van der Waals surface area (Å²) in [6.07, 6.45) is 7.09. The van der Waals surface area contributed by atoms with Crippen LogP contribution in [0.15, 0.2) is 29.4 Å². The monoisotopic (exact) mass is 374 g/mol. The van der Waals surface area contributed by atoms with Gasteiger partial charge in [0.1, 0.15) is 22.1 Å². The Bertz CT molecular complexity index is 937. The summed E-state index contributed by atoms with van der Waals surface area (Å²) in [5.74, 6) is 1.28. The number of hydrogen-bond acceptors (Lipinski definition) is 7. The van der Waals surface area contributed by atoms with Crippen LogP contribution in [0, 0.1) is 6.92 Å². The molecule has 0 bridgehead atoms. The van der Waals surface area contributed by atoms with Crippen molar-refractivity contribution in [3.05, 3.63) is 41.6 Å². The van der Waals surface area contributed by atoms with Gasteiger partial charge in [0, 0.05) is 31.7 Å². The van der Waals surface area contributed by atoms with Crippen LogP contribution in [0.2, 0.25) is 0 Å². The fraction of sp³-hybridized carbons (Fsp3) is 0.500. The topological polar surface area (TPSA) is 85.3 Å². The lowest BCUT2D eigenvalue weighted by Gasteiger charge is -2.44. The summed E-state index contributed by atoms with van der Waals surface area (Å²) >= 11 is 0. The van der Waals surface area contributed by atoms with E-state index in [0.29, 0.717) is 25.5 Å². The summed E-state index contributed by atoms with van der Waals surface area (Å²) in [5, 5.41) is 0. The van der Waals surface area contributed by atoms with Crippen molar-refractivity contribution in [2.75, 3.05) is 30.9 Å². The molecule has 26 heavy (non-hydrogen) atoms. The van der Waals surface area contributed by atoms with Gasteiger partial charge in [0.25, 0.3) is 0 Å². The third kappa shape index (κ3) is 2.97. The van der Waals surface area contributed by atoms with Crippen molar-refractivity contribution in [3.8, 4) is 0 Å². The minimum Gasteiger partial charge on any atom is -0.368 e. The van der Waals surface area contributed by atoms with Gasteiger partial charge in [-0.3, -0.25) is 0 Å². The van der Waals surface area contributed by atoms with Crippen molar-refractivity contribution in [2.24, 2.45) is 0 Å². The molecule has 2 aromatic heterocycles. The Morgan fingerprint density at radius 3 is 2.73 bits per heavy atom. The number of nitrogens with zero attached hydrogens (tertiary/aromatic N) is 4. The Kier molecular flexibility index (Phi) is 4.19. The average Bonchev–Trinajstić information content (AvgIpc) is 2.63. The first-order chi connectivity index (χ1) is 12.4. The number of piperidine rings is 1. The third-order valence-corrected chi connectivity index (χ3v) is 6.30. The van der Waals surface area contributed by atoms with E-state index >= 15 is 0 Å². The van der Waals surface area contributed by atoms with Crippen LogP contribution in [0.5, 0.6) is 0 Å². The van der Waals surface area contributed by atoms with Gasteiger partial charge in [-0.05, 0) is 43.9 Å². The molecule has 2 aliphatic heterocycles. The first-order valence-electron chi connectivity index (χ1n) is 8.76. The molecule has 2 aromatic rings. The molecule has 0 atom stereocenters. The minimum absolute atomic E-state index is 0.277. The highest BCUT2D eigenvalue weighted by atomic mass is 32.2. The van der Waals surface area contributed by atoms with Crippen LogP contribution in [-0.4, -0.2) is 49.3 Å². The number of aryl methyl sites for hydroxylation is 1. The molecule has 1 spiro atoms. The van der Waals surface area contributed by atoms with E-state index in [0.717, 1.165) is 36.3 Å². The second kappa shape index (κ2) is 6.28. The zero-order chi connectivity index (χ0) is 18.4. The van der Waals surface area contributed by atoms with Crippen molar-refractivity contribution in [1.82, 2.24) is 15.0 Å². The highest BCUT2D eigenvalue weighted by Gasteiger charge is 2.43. The summed E-state index contributed by atoms with van der Waals surface area (Å²) in [7, 11) is -3.33. The highest BCUT2D eigenvalue weighted by Crippen LogP contribution is 2.41. The number of anilines is 1. The molecule has 1 saturated heterocycles. The molecule has 0 unspecified atom stereocenters. The highest BCUT2D eigenvalue weighted by molar-refractivity contribution is 7.90. The van der Waals surface area contributed by atoms with Gasteiger partial charge in [-0.1, -0.05) is 0 Å². The quantitative estimate of drug-likeness (QED) is 0.790. The van der Waals surface area contributed by atoms with Crippen LogP contribution in [0.25, 0.3) is 0 Å². The molecular weight excluding hydrogens is 352 g/mol. The maximum Gasteiger partial charge on any atom is 0.179 e. The number of fused-ring (bicyclic) bond motifs is 2. The van der Waals surface area contributed by atoms with Gasteiger partial charge in [0.15, 0.2) is 9.84 Å². The Labute approximate surface area is 153 Å². The van der Waals surface area contributed by atoms with Crippen LogP contribution in [-0.2, 0) is 26.6 Å². The van der Waals surface area contributed by atoms with Crippen molar-refractivity contribution >= 4 is 15.7 Å². The Balaban J connectivity index is 1.63. The molecule has 8 heteroatoms. The number of aromatic nitrogens is 3. The lowest BCUT2D eigenvalue weighted by molar-refractivity contribution is -0.0804. The fourth-order valence-corrected chi connectivity index (χ4v) is 4.71. The van der Waals surface area contributed by atoms with Gasteiger partial charge in [0.05, 0.1) is 12.3 Å². The van der Waals surface area contributed by atoms with E-state index in [1.165, 1.54) is 6.26 Å². The van der Waals surface area contributed by atoms with E-state index < -0.39 is 15.4 Å². The molecular formula is C18H22N4O3S. The molecule has 0 aliphatic carbocycles. The number of pyridine rings is 1. The van der Waals surface area contributed by atoms with Gasteiger partial charge < -0.3 is 9.64 Å². The Hall–Kier alpha value is -2.06. The first-order valence-corrected chi connectivity index (χ1v) is 10.7. The Morgan fingerprint density at radius 1 is 1.23 bits per heavy atom. The lowest BCUT2D eigenvalue weighted by Crippen LogP contribution is -2.47. The fourth-order valence-electron chi connectivity index (χ4n) is 3.87. The van der Waals surface area contributed by atoms with Crippen LogP contribution >= 0.6 is 0 Å². The van der Waals surface area contributed by atoms with Crippen molar-refractivity contribution < 1.29 is 13.2 Å². The largest absolute Gasteiger partial charge is 0.368 e. The molecule has 0 radical (unpaired) electrons. The summed E-state index contributed by atoms with van der Waals surface area (Å²) in [6, 6.07) is 3.27. The number of hydrogen-bond donors (Lipinski definition) is 0.